The second-order valence-electron chi connectivity index (χ2n) is 22.0. The van der Waals surface area contributed by atoms with E-state index in [9.17, 15) is 14.4 Å². The largest absolute Gasteiger partial charge is 0.462 e. The van der Waals surface area contributed by atoms with Gasteiger partial charge in [0, 0.05) is 19.3 Å². The summed E-state index contributed by atoms with van der Waals surface area (Å²) in [6, 6.07) is 0. The molecule has 0 saturated carbocycles. The Morgan fingerprint density at radius 3 is 0.803 bits per heavy atom. The molecule has 0 aliphatic heterocycles. The average molecular weight is 1060 g/mol. The monoisotopic (exact) mass is 1060 g/mol. The van der Waals surface area contributed by atoms with Crippen LogP contribution in [0.4, 0.5) is 0 Å². The highest BCUT2D eigenvalue weighted by Crippen LogP contribution is 2.17. The summed E-state index contributed by atoms with van der Waals surface area (Å²) in [7, 11) is 0. The summed E-state index contributed by atoms with van der Waals surface area (Å²) >= 11 is 0. The first kappa shape index (κ1) is 72.8. The van der Waals surface area contributed by atoms with Gasteiger partial charge in [-0.05, 0) is 70.6 Å². The van der Waals surface area contributed by atoms with E-state index in [-0.39, 0.29) is 31.1 Å². The zero-order chi connectivity index (χ0) is 55.0. The average Bonchev–Trinajstić information content (AvgIpc) is 3.42. The molecule has 0 aromatic rings. The molecule has 0 saturated heterocycles. The number of rotatable bonds is 60. The van der Waals surface area contributed by atoms with Gasteiger partial charge in [0.1, 0.15) is 13.2 Å². The minimum Gasteiger partial charge on any atom is -0.462 e. The molecule has 1 unspecified atom stereocenters. The molecule has 6 heteroatoms. The highest BCUT2D eigenvalue weighted by Gasteiger charge is 2.19. The molecular formula is C70H124O6. The molecule has 1 atom stereocenters. The fraction of sp³-hybridized carbons (Fsp3) is 0.786. The fourth-order valence-corrected chi connectivity index (χ4v) is 9.57. The molecular weight excluding hydrogens is 937 g/mol. The van der Waals surface area contributed by atoms with Crippen molar-refractivity contribution in [3.63, 3.8) is 0 Å². The third-order valence-electron chi connectivity index (χ3n) is 14.5. The Balaban J connectivity index is 4.03. The van der Waals surface area contributed by atoms with Crippen LogP contribution in [-0.4, -0.2) is 37.2 Å². The first-order valence-corrected chi connectivity index (χ1v) is 32.9. The van der Waals surface area contributed by atoms with Gasteiger partial charge >= 0.3 is 17.9 Å². The van der Waals surface area contributed by atoms with Gasteiger partial charge in [0.15, 0.2) is 6.10 Å². The number of carbonyl (C=O) groups is 3. The summed E-state index contributed by atoms with van der Waals surface area (Å²) < 4.78 is 16.9. The first-order valence-electron chi connectivity index (χ1n) is 32.9. The van der Waals surface area contributed by atoms with Crippen molar-refractivity contribution in [2.24, 2.45) is 0 Å². The van der Waals surface area contributed by atoms with E-state index in [1.54, 1.807) is 0 Å². The molecule has 0 aromatic heterocycles. The zero-order valence-electron chi connectivity index (χ0n) is 50.5. The van der Waals surface area contributed by atoms with Gasteiger partial charge in [-0.1, -0.05) is 318 Å². The Morgan fingerprint density at radius 2 is 0.513 bits per heavy atom. The lowest BCUT2D eigenvalue weighted by atomic mass is 10.0. The van der Waals surface area contributed by atoms with Crippen LogP contribution in [0.25, 0.3) is 0 Å². The van der Waals surface area contributed by atoms with Gasteiger partial charge in [0.25, 0.3) is 0 Å². The normalized spacial score (nSPS) is 12.5. The van der Waals surface area contributed by atoms with E-state index in [0.717, 1.165) is 96.3 Å². The highest BCUT2D eigenvalue weighted by molar-refractivity contribution is 5.71. The maximum atomic E-state index is 12.8. The first-order chi connectivity index (χ1) is 37.5. The molecule has 0 aliphatic carbocycles. The second kappa shape index (κ2) is 64.4. The number of carbonyl (C=O) groups excluding carboxylic acids is 3. The molecule has 0 bridgehead atoms. The molecule has 0 heterocycles. The third kappa shape index (κ3) is 61.7. The van der Waals surface area contributed by atoms with Crippen LogP contribution in [0, 0.1) is 0 Å². The lowest BCUT2D eigenvalue weighted by Crippen LogP contribution is -2.30. The fourth-order valence-electron chi connectivity index (χ4n) is 9.57. The van der Waals surface area contributed by atoms with Crippen molar-refractivity contribution in [1.29, 1.82) is 0 Å². The van der Waals surface area contributed by atoms with Crippen LogP contribution in [0.1, 0.15) is 335 Å². The summed E-state index contributed by atoms with van der Waals surface area (Å²) in [6.45, 7) is 6.53. The third-order valence-corrected chi connectivity index (χ3v) is 14.5. The number of hydrogen-bond acceptors (Lipinski definition) is 6. The van der Waals surface area contributed by atoms with E-state index in [1.807, 2.05) is 0 Å². The molecule has 0 fully saturated rings. The van der Waals surface area contributed by atoms with Crippen LogP contribution in [0.15, 0.2) is 72.9 Å². The van der Waals surface area contributed by atoms with E-state index in [0.29, 0.717) is 19.3 Å². The molecule has 0 N–H and O–H groups in total. The molecule has 0 amide bonds. The lowest BCUT2D eigenvalue weighted by molar-refractivity contribution is -0.167. The van der Waals surface area contributed by atoms with Crippen molar-refractivity contribution in [3.05, 3.63) is 72.9 Å². The molecule has 6 nitrogen and oxygen atoms in total. The minimum atomic E-state index is -0.769. The predicted molar refractivity (Wildman–Crippen MR) is 330 cm³/mol. The van der Waals surface area contributed by atoms with Gasteiger partial charge in [-0.25, -0.2) is 0 Å². The van der Waals surface area contributed by atoms with Crippen LogP contribution in [0.3, 0.4) is 0 Å². The van der Waals surface area contributed by atoms with Gasteiger partial charge in [-0.2, -0.15) is 0 Å². The molecule has 440 valence electrons. The molecule has 0 aliphatic rings. The number of unbranched alkanes of at least 4 members (excludes halogenated alkanes) is 37. The SMILES string of the molecule is CC/C=C\C/C=C\C/C=C\C/C=C\C/C=C\C/C=C\CCCCCCCCCCCCCCCCC(=O)OCC(COC(=O)CCCCCCCCC)OC(=O)CCCCCCCCCCCCCCCCCCCC. The summed E-state index contributed by atoms with van der Waals surface area (Å²) in [6.07, 6.45) is 83.7. The van der Waals surface area contributed by atoms with Crippen LogP contribution < -0.4 is 0 Å². The maximum Gasteiger partial charge on any atom is 0.306 e. The smallest absolute Gasteiger partial charge is 0.306 e. The van der Waals surface area contributed by atoms with Crippen LogP contribution in [0.5, 0.6) is 0 Å². The minimum absolute atomic E-state index is 0.0696. The van der Waals surface area contributed by atoms with Gasteiger partial charge < -0.3 is 14.2 Å². The van der Waals surface area contributed by atoms with Gasteiger partial charge in [0.2, 0.25) is 0 Å². The van der Waals surface area contributed by atoms with E-state index in [4.69, 9.17) is 14.2 Å². The lowest BCUT2D eigenvalue weighted by Gasteiger charge is -2.18. The number of ether oxygens (including phenoxy) is 3. The highest BCUT2D eigenvalue weighted by atomic mass is 16.6. The summed E-state index contributed by atoms with van der Waals surface area (Å²) in [5.41, 5.74) is 0. The number of esters is 3. The van der Waals surface area contributed by atoms with Crippen molar-refractivity contribution in [2.75, 3.05) is 13.2 Å². The second-order valence-corrected chi connectivity index (χ2v) is 22.0. The van der Waals surface area contributed by atoms with Gasteiger partial charge in [0.05, 0.1) is 0 Å². The van der Waals surface area contributed by atoms with E-state index in [1.165, 1.54) is 199 Å². The van der Waals surface area contributed by atoms with Crippen molar-refractivity contribution in [2.45, 2.75) is 341 Å². The molecule has 0 aromatic carbocycles. The van der Waals surface area contributed by atoms with E-state index in [2.05, 4.69) is 93.7 Å². The summed E-state index contributed by atoms with van der Waals surface area (Å²) in [5, 5.41) is 0. The Hall–Kier alpha value is -3.15. The quantitative estimate of drug-likeness (QED) is 0.0261. The van der Waals surface area contributed by atoms with Crippen molar-refractivity contribution in [3.8, 4) is 0 Å². The van der Waals surface area contributed by atoms with Gasteiger partial charge in [-0.15, -0.1) is 0 Å². The maximum absolute atomic E-state index is 12.8. The van der Waals surface area contributed by atoms with Crippen molar-refractivity contribution in [1.82, 2.24) is 0 Å². The van der Waals surface area contributed by atoms with Gasteiger partial charge in [-0.3, -0.25) is 14.4 Å². The van der Waals surface area contributed by atoms with Crippen LogP contribution >= 0.6 is 0 Å². The van der Waals surface area contributed by atoms with Crippen LogP contribution in [0.2, 0.25) is 0 Å². The van der Waals surface area contributed by atoms with E-state index < -0.39 is 6.10 Å². The molecule has 0 rings (SSSR count). The summed E-state index contributed by atoms with van der Waals surface area (Å²) in [4.78, 5) is 38.1. The Kier molecular flexibility index (Phi) is 61.7. The molecule has 0 radical (unpaired) electrons. The number of allylic oxidation sites excluding steroid dienone is 12. The van der Waals surface area contributed by atoms with E-state index >= 15 is 0 Å². The van der Waals surface area contributed by atoms with Crippen molar-refractivity contribution < 1.29 is 28.6 Å². The Bertz CT molecular complexity index is 1400. The standard InChI is InChI=1S/C70H124O6/c1-4-7-10-13-16-18-20-22-24-26-28-29-30-31-32-33-34-35-36-37-38-39-40-41-42-44-45-47-49-51-54-57-60-63-69(72)75-66-67(65-74-68(71)62-59-56-53-15-12-9-6-3)76-70(73)64-61-58-55-52-50-48-46-43-27-25-23-21-19-17-14-11-8-5-2/h7,10,16,18,22,24,28-29,31-32,34-35,67H,4-6,8-9,11-15,17,19-21,23,25-27,30,33,36-66H2,1-3H3/b10-7-,18-16-,24-22-,29-28-,32-31-,35-34-. The molecule has 0 spiro atoms. The predicted octanol–water partition coefficient (Wildman–Crippen LogP) is 22.5. The van der Waals surface area contributed by atoms with Crippen LogP contribution in [-0.2, 0) is 28.6 Å². The Labute approximate surface area is 472 Å². The topological polar surface area (TPSA) is 78.9 Å². The van der Waals surface area contributed by atoms with Crippen molar-refractivity contribution >= 4 is 17.9 Å². The zero-order valence-corrected chi connectivity index (χ0v) is 50.5. The summed E-state index contributed by atoms with van der Waals surface area (Å²) in [5.74, 6) is -0.859. The molecule has 76 heavy (non-hydrogen) atoms. The Morgan fingerprint density at radius 1 is 0.276 bits per heavy atom. The number of hydrogen-bond donors (Lipinski definition) is 0.